The summed E-state index contributed by atoms with van der Waals surface area (Å²) in [4.78, 5) is 12.5. The van der Waals surface area contributed by atoms with Crippen LogP contribution in [-0.2, 0) is 27.9 Å². The maximum Gasteiger partial charge on any atom is 0.401 e. The molecule has 2 fully saturated rings. The van der Waals surface area contributed by atoms with Gasteiger partial charge in [0.05, 0.1) is 50.7 Å². The fourth-order valence-electron chi connectivity index (χ4n) is 4.95. The summed E-state index contributed by atoms with van der Waals surface area (Å²) >= 11 is 0. The number of rotatable bonds is 14. The lowest BCUT2D eigenvalue weighted by Crippen LogP contribution is -2.68. The smallest absolute Gasteiger partial charge is 0.395 e. The Morgan fingerprint density at radius 2 is 1.66 bits per heavy atom. The normalized spacial score (nSPS) is 35.0. The third-order valence-corrected chi connectivity index (χ3v) is 8.82. The van der Waals surface area contributed by atoms with Crippen molar-refractivity contribution < 1.29 is 62.2 Å². The fraction of sp³-hybridized carbons (Fsp3) is 0.952. The Labute approximate surface area is 219 Å². The predicted molar refractivity (Wildman–Crippen MR) is 127 cm³/mol. The van der Waals surface area contributed by atoms with E-state index in [1.807, 2.05) is 0 Å². The van der Waals surface area contributed by atoms with Gasteiger partial charge in [0.25, 0.3) is 0 Å². The zero-order valence-corrected chi connectivity index (χ0v) is 22.7. The van der Waals surface area contributed by atoms with E-state index < -0.39 is 87.3 Å². The number of aliphatic hydroxyl groups excluding tert-OH is 5. The molecule has 38 heavy (non-hydrogen) atoms. The standard InChI is InChI=1S/C21H40F2N3O11P/c1-5-35-38(33,36-6-2)21(22,23)19-18(32)16(30)12(9-27)26(19)8-7-24-14-13(10-28)37-20(34-4)15(17(14)31)25-11(3)29/h12-20,24,27-28,30-32H,5-10H2,1-4H3,(H,25,29)/t12-,13+,14?,15+,16+,17-,18-,19-,20-/m0/s1. The molecule has 0 aromatic heterocycles. The van der Waals surface area contributed by atoms with Crippen LogP contribution in [0.3, 0.4) is 0 Å². The number of likely N-dealkylation sites (tertiary alicyclic amines) is 1. The van der Waals surface area contributed by atoms with Crippen molar-refractivity contribution >= 4 is 13.5 Å². The van der Waals surface area contributed by atoms with Crippen molar-refractivity contribution in [3.63, 3.8) is 0 Å². The van der Waals surface area contributed by atoms with E-state index >= 15 is 8.78 Å². The number of hydrogen-bond acceptors (Lipinski definition) is 13. The van der Waals surface area contributed by atoms with Crippen LogP contribution in [0.15, 0.2) is 0 Å². The summed E-state index contributed by atoms with van der Waals surface area (Å²) in [6.07, 6.45) is -7.37. The molecule has 0 spiro atoms. The van der Waals surface area contributed by atoms with Crippen molar-refractivity contribution in [1.29, 1.82) is 0 Å². The first kappa shape index (κ1) is 33.3. The summed E-state index contributed by atoms with van der Waals surface area (Å²) < 4.78 is 64.8. The monoisotopic (exact) mass is 579 g/mol. The average molecular weight is 580 g/mol. The van der Waals surface area contributed by atoms with Crippen molar-refractivity contribution in [2.45, 2.75) is 81.3 Å². The van der Waals surface area contributed by atoms with Gasteiger partial charge in [-0.15, -0.1) is 0 Å². The maximum absolute atomic E-state index is 15.7. The van der Waals surface area contributed by atoms with Crippen LogP contribution in [0, 0.1) is 0 Å². The van der Waals surface area contributed by atoms with E-state index in [4.69, 9.17) is 18.5 Å². The Kier molecular flexibility index (Phi) is 12.4. The Balaban J connectivity index is 2.28. The number of carbonyl (C=O) groups is 1. The Bertz CT molecular complexity index is 806. The first-order chi connectivity index (χ1) is 17.8. The lowest BCUT2D eigenvalue weighted by molar-refractivity contribution is -0.237. The van der Waals surface area contributed by atoms with Gasteiger partial charge in [0, 0.05) is 27.1 Å². The number of nitrogens with zero attached hydrogens (tertiary/aromatic N) is 1. The third kappa shape index (κ3) is 6.70. The van der Waals surface area contributed by atoms with E-state index in [0.717, 1.165) is 4.90 Å². The molecule has 7 N–H and O–H groups in total. The molecule has 9 atom stereocenters. The zero-order valence-electron chi connectivity index (χ0n) is 21.8. The molecule has 0 aliphatic carbocycles. The number of hydrogen-bond donors (Lipinski definition) is 7. The number of halogens is 2. The third-order valence-electron chi connectivity index (χ3n) is 6.63. The van der Waals surface area contributed by atoms with Gasteiger partial charge in [0.1, 0.15) is 24.3 Å². The number of amides is 1. The molecule has 1 amide bonds. The van der Waals surface area contributed by atoms with E-state index in [9.17, 15) is 34.9 Å². The van der Waals surface area contributed by atoms with Gasteiger partial charge >= 0.3 is 13.3 Å². The molecule has 17 heteroatoms. The molecule has 1 unspecified atom stereocenters. The lowest BCUT2D eigenvalue weighted by atomic mass is 9.94. The van der Waals surface area contributed by atoms with Crippen molar-refractivity contribution in [3.05, 3.63) is 0 Å². The molecule has 0 aromatic carbocycles. The van der Waals surface area contributed by atoms with Crippen molar-refractivity contribution in [2.24, 2.45) is 0 Å². The van der Waals surface area contributed by atoms with Gasteiger partial charge in [-0.1, -0.05) is 0 Å². The highest BCUT2D eigenvalue weighted by molar-refractivity contribution is 7.55. The van der Waals surface area contributed by atoms with Gasteiger partial charge in [0.2, 0.25) is 5.91 Å². The molecule has 0 bridgehead atoms. The topological polar surface area (TPSA) is 200 Å². The number of carbonyl (C=O) groups excluding carboxylic acids is 1. The van der Waals surface area contributed by atoms with E-state index in [-0.39, 0.29) is 26.3 Å². The van der Waals surface area contributed by atoms with Crippen LogP contribution in [0.25, 0.3) is 0 Å². The van der Waals surface area contributed by atoms with Crippen LogP contribution in [-0.4, -0.2) is 144 Å². The largest absolute Gasteiger partial charge is 0.401 e. The second-order valence-electron chi connectivity index (χ2n) is 8.99. The highest BCUT2D eigenvalue weighted by Crippen LogP contribution is 2.65. The molecular weight excluding hydrogens is 539 g/mol. The quantitative estimate of drug-likeness (QED) is 0.110. The molecule has 2 aliphatic heterocycles. The maximum atomic E-state index is 15.7. The molecule has 0 radical (unpaired) electrons. The van der Waals surface area contributed by atoms with Crippen LogP contribution >= 0.6 is 7.60 Å². The molecule has 2 heterocycles. The minimum atomic E-state index is -5.12. The molecule has 14 nitrogen and oxygen atoms in total. The minimum absolute atomic E-state index is 0.192. The van der Waals surface area contributed by atoms with E-state index in [1.165, 1.54) is 27.9 Å². The highest BCUT2D eigenvalue weighted by atomic mass is 31.2. The fourth-order valence-corrected chi connectivity index (χ4v) is 6.68. The molecule has 2 rings (SSSR count). The van der Waals surface area contributed by atoms with Gasteiger partial charge in [-0.05, 0) is 13.8 Å². The van der Waals surface area contributed by atoms with Crippen LogP contribution in [0.4, 0.5) is 8.78 Å². The number of ether oxygens (including phenoxy) is 2. The summed E-state index contributed by atoms with van der Waals surface area (Å²) in [5.74, 6) is -0.482. The van der Waals surface area contributed by atoms with Crippen molar-refractivity contribution in [2.75, 3.05) is 46.6 Å². The van der Waals surface area contributed by atoms with Crippen molar-refractivity contribution in [1.82, 2.24) is 15.5 Å². The molecule has 0 saturated carbocycles. The summed E-state index contributed by atoms with van der Waals surface area (Å²) in [6, 6.07) is -5.65. The number of methoxy groups -OCH3 is 1. The summed E-state index contributed by atoms with van der Waals surface area (Å²) in [7, 11) is -3.83. The number of aliphatic hydroxyl groups is 5. The van der Waals surface area contributed by atoms with E-state index in [0.29, 0.717) is 0 Å². The molecule has 0 aromatic rings. The highest BCUT2D eigenvalue weighted by Gasteiger charge is 2.67. The number of alkyl halides is 2. The molecular formula is C21H40F2N3O11P. The van der Waals surface area contributed by atoms with Gasteiger partial charge in [0.15, 0.2) is 6.29 Å². The van der Waals surface area contributed by atoms with Crippen LogP contribution in [0.2, 0.25) is 0 Å². The summed E-state index contributed by atoms with van der Waals surface area (Å²) in [6.45, 7) is 1.25. The van der Waals surface area contributed by atoms with Gasteiger partial charge in [-0.3, -0.25) is 14.3 Å². The number of nitrogens with one attached hydrogen (secondary N) is 2. The first-order valence-corrected chi connectivity index (χ1v) is 13.9. The first-order valence-electron chi connectivity index (χ1n) is 12.3. The van der Waals surface area contributed by atoms with Crippen LogP contribution in [0.5, 0.6) is 0 Å². The Morgan fingerprint density at radius 3 is 2.13 bits per heavy atom. The second kappa shape index (κ2) is 14.1. The lowest BCUT2D eigenvalue weighted by Gasteiger charge is -2.44. The van der Waals surface area contributed by atoms with Crippen molar-refractivity contribution in [3.8, 4) is 0 Å². The second-order valence-corrected chi connectivity index (χ2v) is 11.1. The molecule has 2 aliphatic rings. The summed E-state index contributed by atoms with van der Waals surface area (Å²) in [5.41, 5.74) is -4.29. The SMILES string of the molecule is CCOP(=O)(OCC)C(F)(F)[C@@H]1[C@@H](O)[C@H](O)[C@H](CO)N1CCNC1[C@@H](CO)O[C@H](OC)[C@H](NC(C)=O)[C@H]1O. The summed E-state index contributed by atoms with van der Waals surface area (Å²) in [5, 5.41) is 56.8. The van der Waals surface area contributed by atoms with E-state index in [2.05, 4.69) is 10.6 Å². The minimum Gasteiger partial charge on any atom is -0.395 e. The van der Waals surface area contributed by atoms with E-state index in [1.54, 1.807) is 0 Å². The average Bonchev–Trinajstić information content (AvgIpc) is 3.10. The molecule has 2 saturated heterocycles. The van der Waals surface area contributed by atoms with Gasteiger partial charge < -0.3 is 54.7 Å². The van der Waals surface area contributed by atoms with Gasteiger partial charge in [-0.25, -0.2) is 0 Å². The predicted octanol–water partition coefficient (Wildman–Crippen LogP) is -2.20. The van der Waals surface area contributed by atoms with Crippen LogP contribution < -0.4 is 10.6 Å². The Morgan fingerprint density at radius 1 is 1.05 bits per heavy atom. The zero-order chi connectivity index (χ0) is 28.8. The van der Waals surface area contributed by atoms with Crippen LogP contribution in [0.1, 0.15) is 20.8 Å². The molecule has 224 valence electrons. The van der Waals surface area contributed by atoms with Gasteiger partial charge in [-0.2, -0.15) is 8.78 Å². The Hall–Kier alpha value is -0.880.